The summed E-state index contributed by atoms with van der Waals surface area (Å²) < 4.78 is 83.9. The Morgan fingerprint density at radius 1 is 0.978 bits per heavy atom. The Bertz CT molecular complexity index is 1420. The van der Waals surface area contributed by atoms with E-state index in [1.807, 2.05) is 11.0 Å². The second-order valence-corrected chi connectivity index (χ2v) is 10.8. The maximum atomic E-state index is 14.0. The Morgan fingerprint density at radius 2 is 1.62 bits per heavy atom. The van der Waals surface area contributed by atoms with Gasteiger partial charge in [0.25, 0.3) is 5.91 Å². The molecule has 2 aliphatic rings. The Morgan fingerprint density at radius 3 is 2.22 bits per heavy atom. The lowest BCUT2D eigenvalue weighted by Gasteiger charge is -2.38. The zero-order valence-corrected chi connectivity index (χ0v) is 24.3. The number of primary amides is 1. The summed E-state index contributed by atoms with van der Waals surface area (Å²) >= 11 is 0. The highest BCUT2D eigenvalue weighted by atomic mass is 19.4. The summed E-state index contributed by atoms with van der Waals surface area (Å²) in [5, 5.41) is 2.36. The number of nitrogens with two attached hydrogens (primary N) is 1. The second-order valence-electron chi connectivity index (χ2n) is 10.8. The van der Waals surface area contributed by atoms with Crippen LogP contribution in [0.25, 0.3) is 0 Å². The summed E-state index contributed by atoms with van der Waals surface area (Å²) in [6.07, 6.45) is -16.3. The minimum Gasteiger partial charge on any atom is -0.383 e. The monoisotopic (exact) mass is 641 g/mol. The number of rotatable bonds is 12. The fourth-order valence-corrected chi connectivity index (χ4v) is 5.63. The molecule has 244 valence electrons. The van der Waals surface area contributed by atoms with E-state index in [0.29, 0.717) is 47.9 Å². The Kier molecular flexibility index (Phi) is 10.4. The first-order valence-corrected chi connectivity index (χ1v) is 14.2. The molecule has 2 aromatic carbocycles. The number of aliphatic imine (C=N–C) groups is 1. The van der Waals surface area contributed by atoms with Crippen molar-refractivity contribution in [3.05, 3.63) is 59.7 Å². The third-order valence-corrected chi connectivity index (χ3v) is 7.79. The summed E-state index contributed by atoms with van der Waals surface area (Å²) in [5.74, 6) is -7.06. The van der Waals surface area contributed by atoms with Crippen molar-refractivity contribution >= 4 is 34.8 Å². The number of amides is 3. The van der Waals surface area contributed by atoms with Crippen molar-refractivity contribution in [1.29, 1.82) is 0 Å². The van der Waals surface area contributed by atoms with Crippen molar-refractivity contribution in [3.8, 4) is 0 Å². The van der Waals surface area contributed by atoms with Crippen LogP contribution in [0.4, 0.5) is 37.7 Å². The van der Waals surface area contributed by atoms with E-state index in [0.717, 1.165) is 0 Å². The smallest absolute Gasteiger partial charge is 0.383 e. The second kappa shape index (κ2) is 13.9. The van der Waals surface area contributed by atoms with E-state index < -0.39 is 73.8 Å². The van der Waals surface area contributed by atoms with Crippen molar-refractivity contribution < 1.29 is 45.5 Å². The van der Waals surface area contributed by atoms with Crippen molar-refractivity contribution in [2.24, 2.45) is 22.6 Å². The molecular weight excluding hydrogens is 608 g/mol. The van der Waals surface area contributed by atoms with Gasteiger partial charge in [-0.3, -0.25) is 14.4 Å². The molecule has 2 aromatic rings. The number of hydrogen-bond donors (Lipinski definition) is 2. The highest BCUT2D eigenvalue weighted by molar-refractivity contribution is 6.22. The molecule has 2 heterocycles. The van der Waals surface area contributed by atoms with Crippen LogP contribution in [-0.4, -0.2) is 75.3 Å². The molecule has 45 heavy (non-hydrogen) atoms. The number of carbonyl (C=O) groups is 3. The quantitative estimate of drug-likeness (QED) is 0.338. The lowest BCUT2D eigenvalue weighted by atomic mass is 9.83. The fraction of sp³-hybridized carbons (Fsp3) is 0.467. The maximum Gasteiger partial charge on any atom is 0.389 e. The molecular formula is C30H33F6N5O4. The Labute approximate surface area is 255 Å². The van der Waals surface area contributed by atoms with Crippen molar-refractivity contribution in [3.63, 3.8) is 0 Å². The van der Waals surface area contributed by atoms with E-state index in [-0.39, 0.29) is 6.54 Å². The minimum absolute atomic E-state index is 0.170. The molecule has 0 bridgehead atoms. The molecule has 2 aliphatic heterocycles. The molecule has 3 amide bonds. The van der Waals surface area contributed by atoms with Crippen molar-refractivity contribution in [2.75, 3.05) is 43.2 Å². The summed E-state index contributed by atoms with van der Waals surface area (Å²) in [7, 11) is 1.56. The third kappa shape index (κ3) is 8.32. The average molecular weight is 642 g/mol. The fourth-order valence-electron chi connectivity index (χ4n) is 5.63. The zero-order chi connectivity index (χ0) is 32.9. The molecule has 0 saturated heterocycles. The standard InChI is InChI=1S/C30H33F6N5O4/c1-45-17-16-40-14-15-41-24-21(8-5-9-22(24)40)23(18-6-3-2-4-7-18)38-26(28(41)44)39-27(43)20(11-13-30(34,35)36)19(25(37)42)10-12-29(31,32)33/h2-9,19-20,26H,10-17H2,1H3,(H2,37,42)(H,39,43). The SMILES string of the molecule is COCCN1CCN2C(=O)C(NC(=O)C(CCC(F)(F)F)C(CCC(F)(F)F)C(N)=O)N=C(c3ccccc3)c3cccc1c32. The first-order chi connectivity index (χ1) is 21.2. The molecule has 0 radical (unpaired) electrons. The number of nitrogens with one attached hydrogen (secondary N) is 1. The largest absolute Gasteiger partial charge is 0.389 e. The van der Waals surface area contributed by atoms with Gasteiger partial charge in [0, 0.05) is 62.5 Å². The minimum atomic E-state index is -4.78. The van der Waals surface area contributed by atoms with Crippen LogP contribution in [0.3, 0.4) is 0 Å². The van der Waals surface area contributed by atoms with Gasteiger partial charge in [-0.2, -0.15) is 26.3 Å². The van der Waals surface area contributed by atoms with Gasteiger partial charge in [0.05, 0.1) is 23.7 Å². The van der Waals surface area contributed by atoms with E-state index >= 15 is 0 Å². The van der Waals surface area contributed by atoms with Crippen LogP contribution in [0.15, 0.2) is 53.5 Å². The zero-order valence-electron chi connectivity index (χ0n) is 24.3. The van der Waals surface area contributed by atoms with Gasteiger partial charge < -0.3 is 25.6 Å². The van der Waals surface area contributed by atoms with E-state index in [4.69, 9.17) is 10.5 Å². The number of hydrogen-bond acceptors (Lipinski definition) is 6. The number of benzene rings is 2. The predicted molar refractivity (Wildman–Crippen MR) is 154 cm³/mol. The number of alkyl halides is 6. The highest BCUT2D eigenvalue weighted by Crippen LogP contribution is 2.40. The normalized spacial score (nSPS) is 18.1. The number of ether oxygens (including phenoxy) is 1. The molecule has 3 atom stereocenters. The first kappa shape index (κ1) is 33.7. The van der Waals surface area contributed by atoms with Crippen LogP contribution >= 0.6 is 0 Å². The van der Waals surface area contributed by atoms with Gasteiger partial charge in [-0.05, 0) is 18.9 Å². The third-order valence-electron chi connectivity index (χ3n) is 7.79. The number of methoxy groups -OCH3 is 1. The molecule has 9 nitrogen and oxygen atoms in total. The van der Waals surface area contributed by atoms with E-state index in [9.17, 15) is 40.7 Å². The van der Waals surface area contributed by atoms with E-state index in [1.54, 1.807) is 49.6 Å². The topological polar surface area (TPSA) is 117 Å². The van der Waals surface area contributed by atoms with Crippen LogP contribution < -0.4 is 20.9 Å². The van der Waals surface area contributed by atoms with Crippen LogP contribution in [0.2, 0.25) is 0 Å². The Hall–Kier alpha value is -4.14. The summed E-state index contributed by atoms with van der Waals surface area (Å²) in [6.45, 7) is 1.48. The number of carbonyl (C=O) groups excluding carboxylic acids is 3. The summed E-state index contributed by atoms with van der Waals surface area (Å²) in [6, 6.07) is 14.1. The van der Waals surface area contributed by atoms with Crippen LogP contribution in [0.1, 0.15) is 36.8 Å². The maximum absolute atomic E-state index is 14.0. The van der Waals surface area contributed by atoms with Gasteiger partial charge in [0.1, 0.15) is 0 Å². The molecule has 0 aliphatic carbocycles. The Balaban J connectivity index is 1.75. The number of anilines is 2. The van der Waals surface area contributed by atoms with Gasteiger partial charge in [-0.15, -0.1) is 0 Å². The van der Waals surface area contributed by atoms with Gasteiger partial charge in [-0.1, -0.05) is 42.5 Å². The van der Waals surface area contributed by atoms with E-state index in [2.05, 4.69) is 10.3 Å². The van der Waals surface area contributed by atoms with Gasteiger partial charge >= 0.3 is 12.4 Å². The van der Waals surface area contributed by atoms with Gasteiger partial charge in [0.2, 0.25) is 18.0 Å². The summed E-state index contributed by atoms with van der Waals surface area (Å²) in [4.78, 5) is 47.8. The van der Waals surface area contributed by atoms with E-state index in [1.165, 1.54) is 4.90 Å². The van der Waals surface area contributed by atoms with Crippen LogP contribution in [0.5, 0.6) is 0 Å². The van der Waals surface area contributed by atoms with Crippen molar-refractivity contribution in [2.45, 2.75) is 44.2 Å². The van der Waals surface area contributed by atoms with Crippen LogP contribution in [0, 0.1) is 11.8 Å². The number of nitrogens with zero attached hydrogens (tertiary/aromatic N) is 3. The summed E-state index contributed by atoms with van der Waals surface area (Å²) in [5.41, 5.74) is 7.96. The molecule has 3 unspecified atom stereocenters. The van der Waals surface area contributed by atoms with Gasteiger partial charge in [-0.25, -0.2) is 4.99 Å². The van der Waals surface area contributed by atoms with Crippen LogP contribution in [-0.2, 0) is 19.1 Å². The molecule has 3 N–H and O–H groups in total. The predicted octanol–water partition coefficient (Wildman–Crippen LogP) is 4.18. The van der Waals surface area contributed by atoms with Crippen molar-refractivity contribution in [1.82, 2.24) is 5.32 Å². The first-order valence-electron chi connectivity index (χ1n) is 14.2. The average Bonchev–Trinajstić information content (AvgIpc) is 3.09. The molecule has 4 rings (SSSR count). The molecule has 0 fully saturated rings. The molecule has 0 saturated carbocycles. The number of halogens is 6. The lowest BCUT2D eigenvalue weighted by Crippen LogP contribution is -2.53. The molecule has 0 aromatic heterocycles. The lowest BCUT2D eigenvalue weighted by molar-refractivity contribution is -0.152. The number of para-hydroxylation sites is 1. The molecule has 0 spiro atoms. The highest BCUT2D eigenvalue weighted by Gasteiger charge is 2.42. The molecule has 15 heteroatoms. The van der Waals surface area contributed by atoms with Gasteiger partial charge in [0.15, 0.2) is 0 Å².